The summed E-state index contributed by atoms with van der Waals surface area (Å²) in [5.74, 6) is -0.0120. The van der Waals surface area contributed by atoms with E-state index < -0.39 is 0 Å². The van der Waals surface area contributed by atoms with Crippen molar-refractivity contribution in [2.75, 3.05) is 13.7 Å². The summed E-state index contributed by atoms with van der Waals surface area (Å²) in [5, 5.41) is 4.79. The molecule has 1 atom stereocenters. The maximum atomic E-state index is 11.7. The van der Waals surface area contributed by atoms with Crippen LogP contribution in [0.25, 0.3) is 0 Å². The minimum absolute atomic E-state index is 0.0120. The highest BCUT2D eigenvalue weighted by Crippen LogP contribution is 2.15. The highest BCUT2D eigenvalue weighted by atomic mass is 32.1. The van der Waals surface area contributed by atoms with Gasteiger partial charge < -0.3 is 10.1 Å². The number of aryl methyl sites for hydroxylation is 1. The predicted molar refractivity (Wildman–Crippen MR) is 57.9 cm³/mol. The van der Waals surface area contributed by atoms with Crippen LogP contribution in [0.4, 0.5) is 0 Å². The zero-order valence-corrected chi connectivity index (χ0v) is 9.48. The van der Waals surface area contributed by atoms with E-state index in [2.05, 4.69) is 5.32 Å². The van der Waals surface area contributed by atoms with E-state index in [-0.39, 0.29) is 11.9 Å². The van der Waals surface area contributed by atoms with E-state index in [1.807, 2.05) is 25.3 Å². The monoisotopic (exact) mass is 213 g/mol. The van der Waals surface area contributed by atoms with Gasteiger partial charge in [-0.15, -0.1) is 11.3 Å². The molecule has 14 heavy (non-hydrogen) atoms. The second kappa shape index (κ2) is 5.12. The second-order valence-corrected chi connectivity index (χ2v) is 4.18. The first-order chi connectivity index (χ1) is 6.65. The summed E-state index contributed by atoms with van der Waals surface area (Å²) < 4.78 is 4.94. The Hall–Kier alpha value is -0.870. The Morgan fingerprint density at radius 3 is 2.93 bits per heavy atom. The fourth-order valence-electron chi connectivity index (χ4n) is 1.19. The first-order valence-corrected chi connectivity index (χ1v) is 5.37. The van der Waals surface area contributed by atoms with Gasteiger partial charge in [0.15, 0.2) is 0 Å². The Labute approximate surface area is 88.1 Å². The molecule has 0 bridgehead atoms. The Morgan fingerprint density at radius 2 is 2.43 bits per heavy atom. The number of ether oxygens (including phenoxy) is 1. The third-order valence-corrected chi connectivity index (χ3v) is 2.88. The molecule has 0 fully saturated rings. The van der Waals surface area contributed by atoms with Gasteiger partial charge in [0.05, 0.1) is 11.5 Å². The van der Waals surface area contributed by atoms with Gasteiger partial charge in [-0.25, -0.2) is 0 Å². The molecule has 1 amide bonds. The number of methoxy groups -OCH3 is 1. The number of thiophene rings is 1. The number of carbonyl (C=O) groups is 1. The number of hydrogen-bond acceptors (Lipinski definition) is 3. The van der Waals surface area contributed by atoms with Crippen LogP contribution in [0.3, 0.4) is 0 Å². The molecule has 1 N–H and O–H groups in total. The normalized spacial score (nSPS) is 12.5. The fourth-order valence-corrected chi connectivity index (χ4v) is 2.01. The van der Waals surface area contributed by atoms with E-state index >= 15 is 0 Å². The van der Waals surface area contributed by atoms with Crippen LogP contribution in [0.1, 0.15) is 22.2 Å². The van der Waals surface area contributed by atoms with Gasteiger partial charge >= 0.3 is 0 Å². The van der Waals surface area contributed by atoms with Crippen LogP contribution < -0.4 is 5.32 Å². The van der Waals surface area contributed by atoms with Crippen molar-refractivity contribution >= 4 is 17.2 Å². The molecule has 1 aromatic heterocycles. The summed E-state index contributed by atoms with van der Waals surface area (Å²) in [4.78, 5) is 12.4. The third-order valence-electron chi connectivity index (χ3n) is 1.86. The van der Waals surface area contributed by atoms with Crippen molar-refractivity contribution in [2.24, 2.45) is 0 Å². The van der Waals surface area contributed by atoms with E-state index in [1.165, 1.54) is 11.3 Å². The van der Waals surface area contributed by atoms with Gasteiger partial charge in [0.1, 0.15) is 0 Å². The van der Waals surface area contributed by atoms with Crippen LogP contribution in [0.15, 0.2) is 11.4 Å². The number of nitrogens with one attached hydrogen (secondary N) is 1. The van der Waals surface area contributed by atoms with Crippen molar-refractivity contribution in [1.82, 2.24) is 5.32 Å². The Bertz CT molecular complexity index is 309. The number of rotatable bonds is 4. The number of hydrogen-bond donors (Lipinski definition) is 1. The minimum atomic E-state index is -0.0120. The van der Waals surface area contributed by atoms with Gasteiger partial charge in [-0.1, -0.05) is 0 Å². The Morgan fingerprint density at radius 1 is 1.71 bits per heavy atom. The van der Waals surface area contributed by atoms with Gasteiger partial charge in [0.2, 0.25) is 0 Å². The Balaban J connectivity index is 2.55. The van der Waals surface area contributed by atoms with E-state index in [4.69, 9.17) is 4.74 Å². The molecule has 78 valence electrons. The largest absolute Gasteiger partial charge is 0.383 e. The van der Waals surface area contributed by atoms with Gasteiger partial charge in [-0.05, 0) is 30.9 Å². The molecule has 0 spiro atoms. The predicted octanol–water partition coefficient (Wildman–Crippen LogP) is 1.82. The lowest BCUT2D eigenvalue weighted by atomic mass is 10.2. The molecule has 4 heteroatoms. The quantitative estimate of drug-likeness (QED) is 0.828. The van der Waals surface area contributed by atoms with Crippen molar-refractivity contribution in [3.05, 3.63) is 21.9 Å². The van der Waals surface area contributed by atoms with Gasteiger partial charge in [0.25, 0.3) is 5.91 Å². The van der Waals surface area contributed by atoms with Crippen molar-refractivity contribution < 1.29 is 9.53 Å². The van der Waals surface area contributed by atoms with E-state index in [1.54, 1.807) is 7.11 Å². The topological polar surface area (TPSA) is 38.3 Å². The summed E-state index contributed by atoms with van der Waals surface area (Å²) in [5.41, 5.74) is 1.03. The number of amides is 1. The van der Waals surface area contributed by atoms with Gasteiger partial charge in [-0.3, -0.25) is 4.79 Å². The molecule has 3 nitrogen and oxygen atoms in total. The van der Waals surface area contributed by atoms with Crippen LogP contribution in [-0.2, 0) is 4.74 Å². The average molecular weight is 213 g/mol. The first-order valence-electron chi connectivity index (χ1n) is 4.49. The highest BCUT2D eigenvalue weighted by molar-refractivity contribution is 7.12. The zero-order valence-electron chi connectivity index (χ0n) is 8.66. The van der Waals surface area contributed by atoms with Crippen molar-refractivity contribution in [2.45, 2.75) is 19.9 Å². The van der Waals surface area contributed by atoms with Gasteiger partial charge in [-0.2, -0.15) is 0 Å². The van der Waals surface area contributed by atoms with Gasteiger partial charge in [0, 0.05) is 13.2 Å². The maximum absolute atomic E-state index is 11.7. The first kappa shape index (κ1) is 11.2. The summed E-state index contributed by atoms with van der Waals surface area (Å²) in [6, 6.07) is 2.00. The smallest absolute Gasteiger partial charge is 0.261 e. The summed E-state index contributed by atoms with van der Waals surface area (Å²) in [6.07, 6.45) is 0. The average Bonchev–Trinajstić information content (AvgIpc) is 2.51. The third kappa shape index (κ3) is 2.82. The van der Waals surface area contributed by atoms with E-state index in [0.717, 1.165) is 10.4 Å². The van der Waals surface area contributed by atoms with Crippen molar-refractivity contribution in [1.29, 1.82) is 0 Å². The lowest BCUT2D eigenvalue weighted by Crippen LogP contribution is -2.35. The minimum Gasteiger partial charge on any atom is -0.383 e. The van der Waals surface area contributed by atoms with Crippen LogP contribution in [-0.4, -0.2) is 25.7 Å². The molecule has 0 aliphatic heterocycles. The lowest BCUT2D eigenvalue weighted by Gasteiger charge is -2.11. The maximum Gasteiger partial charge on any atom is 0.261 e. The SMILES string of the molecule is COCC(C)NC(=O)c1sccc1C. The summed E-state index contributed by atoms with van der Waals surface area (Å²) in [6.45, 7) is 4.40. The molecule has 0 saturated carbocycles. The molecule has 0 saturated heterocycles. The molecule has 0 aliphatic carbocycles. The van der Waals surface area contributed by atoms with Crippen LogP contribution in [0, 0.1) is 6.92 Å². The highest BCUT2D eigenvalue weighted by Gasteiger charge is 2.12. The molecule has 1 rings (SSSR count). The van der Waals surface area contributed by atoms with Crippen molar-refractivity contribution in [3.8, 4) is 0 Å². The van der Waals surface area contributed by atoms with E-state index in [0.29, 0.717) is 6.61 Å². The molecule has 1 unspecified atom stereocenters. The van der Waals surface area contributed by atoms with E-state index in [9.17, 15) is 4.79 Å². The summed E-state index contributed by atoms with van der Waals surface area (Å²) in [7, 11) is 1.62. The molecule has 1 heterocycles. The van der Waals surface area contributed by atoms with Crippen LogP contribution in [0.5, 0.6) is 0 Å². The second-order valence-electron chi connectivity index (χ2n) is 3.26. The molecule has 1 aromatic rings. The fraction of sp³-hybridized carbons (Fsp3) is 0.500. The Kier molecular flexibility index (Phi) is 4.10. The molecular formula is C10H15NO2S. The molecule has 0 aromatic carbocycles. The summed E-state index contributed by atoms with van der Waals surface area (Å²) >= 11 is 1.46. The standard InChI is InChI=1S/C10H15NO2S/c1-7-4-5-14-9(7)10(12)11-8(2)6-13-3/h4-5,8H,6H2,1-3H3,(H,11,12). The number of carbonyl (C=O) groups excluding carboxylic acids is 1. The molecule has 0 aliphatic rings. The van der Waals surface area contributed by atoms with Crippen LogP contribution >= 0.6 is 11.3 Å². The zero-order chi connectivity index (χ0) is 10.6. The molecular weight excluding hydrogens is 198 g/mol. The van der Waals surface area contributed by atoms with Crippen molar-refractivity contribution in [3.63, 3.8) is 0 Å². The lowest BCUT2D eigenvalue weighted by molar-refractivity contribution is 0.0909. The van der Waals surface area contributed by atoms with Crippen LogP contribution in [0.2, 0.25) is 0 Å². The molecule has 0 radical (unpaired) electrons.